The Morgan fingerprint density at radius 2 is 1.68 bits per heavy atom. The smallest absolute Gasteiger partial charge is 0.261 e. The molecule has 0 saturated heterocycles. The highest BCUT2D eigenvalue weighted by atomic mass is 16.5. The van der Waals surface area contributed by atoms with Gasteiger partial charge in [0.25, 0.3) is 5.91 Å². The van der Waals surface area contributed by atoms with Crippen LogP contribution in [0.15, 0.2) is 42.5 Å². The molecule has 0 aromatic heterocycles. The van der Waals surface area contributed by atoms with Gasteiger partial charge in [-0.15, -0.1) is 0 Å². The van der Waals surface area contributed by atoms with Gasteiger partial charge in [-0.25, -0.2) is 0 Å². The molecule has 0 bridgehead atoms. The summed E-state index contributed by atoms with van der Waals surface area (Å²) in [5.74, 6) is 0.687. The van der Waals surface area contributed by atoms with Gasteiger partial charge in [-0.1, -0.05) is 51.1 Å². The van der Waals surface area contributed by atoms with Gasteiger partial charge >= 0.3 is 0 Å². The lowest BCUT2D eigenvalue weighted by Crippen LogP contribution is -2.50. The molecule has 0 fully saturated rings. The lowest BCUT2D eigenvalue weighted by atomic mass is 10.1. The number of ether oxygens (including phenoxy) is 1. The first-order valence-electron chi connectivity index (χ1n) is 11.0. The van der Waals surface area contributed by atoms with Crippen molar-refractivity contribution in [2.75, 3.05) is 13.2 Å². The molecule has 5 nitrogen and oxygen atoms in total. The summed E-state index contributed by atoms with van der Waals surface area (Å²) in [5, 5.41) is 2.98. The Balaban J connectivity index is 2.23. The predicted molar refractivity (Wildman–Crippen MR) is 125 cm³/mol. The van der Waals surface area contributed by atoms with Crippen LogP contribution in [-0.2, 0) is 16.1 Å². The highest BCUT2D eigenvalue weighted by molar-refractivity contribution is 5.88. The largest absolute Gasteiger partial charge is 0.484 e. The molecule has 31 heavy (non-hydrogen) atoms. The highest BCUT2D eigenvalue weighted by Gasteiger charge is 2.29. The SMILES string of the molecule is CC[C@@H](C(=O)NCC(C)C)N(Cc1ccccc1C)C(=O)COc1cc(C)cc(C)c1. The number of hydrogen-bond donors (Lipinski definition) is 1. The van der Waals surface area contributed by atoms with E-state index in [4.69, 9.17) is 4.74 Å². The number of nitrogens with one attached hydrogen (secondary N) is 1. The van der Waals surface area contributed by atoms with Crippen LogP contribution in [0.5, 0.6) is 5.75 Å². The number of carbonyl (C=O) groups excluding carboxylic acids is 2. The lowest BCUT2D eigenvalue weighted by molar-refractivity contribution is -0.143. The van der Waals surface area contributed by atoms with Crippen LogP contribution in [-0.4, -0.2) is 35.9 Å². The average molecular weight is 425 g/mol. The third-order valence-corrected chi connectivity index (χ3v) is 5.23. The minimum Gasteiger partial charge on any atom is -0.484 e. The number of amides is 2. The molecule has 2 rings (SSSR count). The molecule has 5 heteroatoms. The van der Waals surface area contributed by atoms with Crippen LogP contribution in [0.25, 0.3) is 0 Å². The van der Waals surface area contributed by atoms with Gasteiger partial charge in [0.15, 0.2) is 6.61 Å². The second-order valence-electron chi connectivity index (χ2n) is 8.62. The minimum absolute atomic E-state index is 0.108. The van der Waals surface area contributed by atoms with E-state index >= 15 is 0 Å². The Kier molecular flexibility index (Phi) is 9.10. The third-order valence-electron chi connectivity index (χ3n) is 5.23. The fourth-order valence-corrected chi connectivity index (χ4v) is 3.56. The number of nitrogens with zero attached hydrogens (tertiary/aromatic N) is 1. The quantitative estimate of drug-likeness (QED) is 0.608. The molecular formula is C26H36N2O3. The summed E-state index contributed by atoms with van der Waals surface area (Å²) in [6, 6.07) is 13.3. The standard InChI is InChI=1S/C26H36N2O3/c1-7-24(26(30)27-15-18(2)3)28(16-22-11-9-8-10-21(22)6)25(29)17-31-23-13-19(4)12-20(5)14-23/h8-14,18,24H,7,15-17H2,1-6H3,(H,27,30)/t24-/m0/s1. The fraction of sp³-hybridized carbons (Fsp3) is 0.462. The summed E-state index contributed by atoms with van der Waals surface area (Å²) in [4.78, 5) is 27.8. The molecule has 0 radical (unpaired) electrons. The molecule has 0 heterocycles. The highest BCUT2D eigenvalue weighted by Crippen LogP contribution is 2.18. The topological polar surface area (TPSA) is 58.6 Å². The molecule has 0 spiro atoms. The Labute approximate surface area is 186 Å². The normalized spacial score (nSPS) is 11.8. The number of hydrogen-bond acceptors (Lipinski definition) is 3. The second kappa shape index (κ2) is 11.5. The van der Waals surface area contributed by atoms with Gasteiger partial charge in [0.2, 0.25) is 5.91 Å². The van der Waals surface area contributed by atoms with E-state index in [1.807, 2.05) is 64.1 Å². The summed E-state index contributed by atoms with van der Waals surface area (Å²) in [7, 11) is 0. The van der Waals surface area contributed by atoms with Crippen molar-refractivity contribution in [3.8, 4) is 5.75 Å². The van der Waals surface area contributed by atoms with E-state index in [0.717, 1.165) is 22.3 Å². The Bertz CT molecular complexity index is 872. The van der Waals surface area contributed by atoms with Gasteiger partial charge in [0.1, 0.15) is 11.8 Å². The first-order chi connectivity index (χ1) is 14.7. The summed E-state index contributed by atoms with van der Waals surface area (Å²) < 4.78 is 5.83. The summed E-state index contributed by atoms with van der Waals surface area (Å²) in [6.45, 7) is 12.9. The fourth-order valence-electron chi connectivity index (χ4n) is 3.56. The zero-order valence-corrected chi connectivity index (χ0v) is 19.7. The number of aryl methyl sites for hydroxylation is 3. The average Bonchev–Trinajstić information content (AvgIpc) is 2.71. The Morgan fingerprint density at radius 3 is 2.26 bits per heavy atom. The van der Waals surface area contributed by atoms with Gasteiger partial charge in [0, 0.05) is 13.1 Å². The molecule has 0 unspecified atom stereocenters. The van der Waals surface area contributed by atoms with E-state index in [2.05, 4.69) is 25.2 Å². The van der Waals surface area contributed by atoms with Crippen LogP contribution in [0.4, 0.5) is 0 Å². The molecule has 2 amide bonds. The molecule has 0 aliphatic rings. The van der Waals surface area contributed by atoms with Crippen molar-refractivity contribution in [1.29, 1.82) is 0 Å². The van der Waals surface area contributed by atoms with Crippen molar-refractivity contribution in [2.24, 2.45) is 5.92 Å². The molecular weight excluding hydrogens is 388 g/mol. The zero-order chi connectivity index (χ0) is 23.0. The summed E-state index contributed by atoms with van der Waals surface area (Å²) in [5.41, 5.74) is 4.28. The van der Waals surface area contributed by atoms with Crippen LogP contribution in [0, 0.1) is 26.7 Å². The van der Waals surface area contributed by atoms with Crippen LogP contribution >= 0.6 is 0 Å². The number of carbonyl (C=O) groups is 2. The van der Waals surface area contributed by atoms with E-state index < -0.39 is 6.04 Å². The van der Waals surface area contributed by atoms with Crippen molar-refractivity contribution >= 4 is 11.8 Å². The van der Waals surface area contributed by atoms with E-state index in [-0.39, 0.29) is 18.4 Å². The van der Waals surface area contributed by atoms with E-state index in [1.54, 1.807) is 4.90 Å². The van der Waals surface area contributed by atoms with Crippen LogP contribution in [0.3, 0.4) is 0 Å². The van der Waals surface area contributed by atoms with E-state index in [9.17, 15) is 9.59 Å². The van der Waals surface area contributed by atoms with Crippen molar-refractivity contribution in [3.63, 3.8) is 0 Å². The Hall–Kier alpha value is -2.82. The van der Waals surface area contributed by atoms with Crippen molar-refractivity contribution in [2.45, 2.75) is 60.5 Å². The summed E-state index contributed by atoms with van der Waals surface area (Å²) in [6.07, 6.45) is 0.533. The van der Waals surface area contributed by atoms with Gasteiger partial charge < -0.3 is 15.0 Å². The number of rotatable bonds is 10. The van der Waals surface area contributed by atoms with Crippen molar-refractivity contribution < 1.29 is 14.3 Å². The molecule has 2 aromatic carbocycles. The van der Waals surface area contributed by atoms with Gasteiger partial charge in [-0.2, -0.15) is 0 Å². The first-order valence-corrected chi connectivity index (χ1v) is 11.0. The van der Waals surface area contributed by atoms with Crippen LogP contribution < -0.4 is 10.1 Å². The molecule has 0 aliphatic heterocycles. The van der Waals surface area contributed by atoms with Gasteiger partial charge in [-0.05, 0) is 67.5 Å². The molecule has 168 valence electrons. The third kappa shape index (κ3) is 7.42. The Morgan fingerprint density at radius 1 is 1.03 bits per heavy atom. The second-order valence-corrected chi connectivity index (χ2v) is 8.62. The maximum Gasteiger partial charge on any atom is 0.261 e. The first kappa shape index (κ1) is 24.4. The number of benzene rings is 2. The molecule has 2 aromatic rings. The molecule has 0 saturated carbocycles. The van der Waals surface area contributed by atoms with Crippen LogP contribution in [0.2, 0.25) is 0 Å². The minimum atomic E-state index is -0.547. The monoisotopic (exact) mass is 424 g/mol. The van der Waals surface area contributed by atoms with Crippen molar-refractivity contribution in [1.82, 2.24) is 10.2 Å². The molecule has 1 N–H and O–H groups in total. The van der Waals surface area contributed by atoms with E-state index in [1.165, 1.54) is 0 Å². The maximum atomic E-state index is 13.3. The summed E-state index contributed by atoms with van der Waals surface area (Å²) >= 11 is 0. The van der Waals surface area contributed by atoms with E-state index in [0.29, 0.717) is 31.2 Å². The lowest BCUT2D eigenvalue weighted by Gasteiger charge is -2.31. The van der Waals surface area contributed by atoms with Crippen molar-refractivity contribution in [3.05, 3.63) is 64.7 Å². The zero-order valence-electron chi connectivity index (χ0n) is 19.7. The molecule has 0 aliphatic carbocycles. The maximum absolute atomic E-state index is 13.3. The predicted octanol–water partition coefficient (Wildman–Crippen LogP) is 4.57. The van der Waals surface area contributed by atoms with Crippen LogP contribution in [0.1, 0.15) is 49.4 Å². The molecule has 1 atom stereocenters. The van der Waals surface area contributed by atoms with Gasteiger partial charge in [0.05, 0.1) is 0 Å². The van der Waals surface area contributed by atoms with Gasteiger partial charge in [-0.3, -0.25) is 9.59 Å².